The second kappa shape index (κ2) is 8.84. The number of hydrogen-bond acceptors (Lipinski definition) is 6. The van der Waals surface area contributed by atoms with Gasteiger partial charge in [-0.15, -0.1) is 0 Å². The molecule has 7 heteroatoms. The fraction of sp³-hybridized carbons (Fsp3) is 0.345. The van der Waals surface area contributed by atoms with Crippen LogP contribution in [-0.2, 0) is 5.60 Å². The molecule has 1 aromatic carbocycles. The van der Waals surface area contributed by atoms with Crippen LogP contribution in [0.5, 0.6) is 0 Å². The zero-order valence-corrected chi connectivity index (χ0v) is 21.0. The molecule has 5 rings (SSSR count). The van der Waals surface area contributed by atoms with Crippen molar-refractivity contribution in [3.8, 4) is 22.5 Å². The summed E-state index contributed by atoms with van der Waals surface area (Å²) < 4.78 is 6.25. The van der Waals surface area contributed by atoms with Crippen molar-refractivity contribution in [1.29, 1.82) is 0 Å². The minimum absolute atomic E-state index is 0.0694. The highest BCUT2D eigenvalue weighted by atomic mass is 16.3. The van der Waals surface area contributed by atoms with Gasteiger partial charge in [-0.2, -0.15) is 0 Å². The van der Waals surface area contributed by atoms with Crippen LogP contribution in [0.4, 0.5) is 0 Å². The Morgan fingerprint density at radius 3 is 2.39 bits per heavy atom. The number of fused-ring (bicyclic) bond motifs is 1. The molecule has 0 saturated carbocycles. The molecule has 1 saturated heterocycles. The number of hydrogen-bond donors (Lipinski definition) is 2. The van der Waals surface area contributed by atoms with Crippen LogP contribution >= 0.6 is 0 Å². The monoisotopic (exact) mass is 485 g/mol. The smallest absolute Gasteiger partial charge is 0.254 e. The summed E-state index contributed by atoms with van der Waals surface area (Å²) in [5.41, 5.74) is 3.09. The first-order valence-corrected chi connectivity index (χ1v) is 12.2. The maximum Gasteiger partial charge on any atom is 0.254 e. The Morgan fingerprint density at radius 2 is 1.69 bits per heavy atom. The van der Waals surface area contributed by atoms with Gasteiger partial charge in [0.25, 0.3) is 5.91 Å². The SMILES string of the molecule is CC(C)(O)c1cc(-c2ccnc3cc(-c4ccc(C(=O)N5CCC[C@H]5C(C)(C)O)cc4)oc23)ccn1. The molecule has 2 N–H and O–H groups in total. The summed E-state index contributed by atoms with van der Waals surface area (Å²) in [6.07, 6.45) is 5.10. The van der Waals surface area contributed by atoms with Crippen LogP contribution in [0, 0.1) is 0 Å². The van der Waals surface area contributed by atoms with Crippen molar-refractivity contribution in [2.45, 2.75) is 57.8 Å². The van der Waals surface area contributed by atoms with Crippen molar-refractivity contribution in [1.82, 2.24) is 14.9 Å². The van der Waals surface area contributed by atoms with E-state index in [9.17, 15) is 15.0 Å². The predicted octanol–water partition coefficient (Wildman–Crippen LogP) is 5.16. The Morgan fingerprint density at radius 1 is 0.972 bits per heavy atom. The van der Waals surface area contributed by atoms with Crippen molar-refractivity contribution in [2.75, 3.05) is 6.54 Å². The van der Waals surface area contributed by atoms with Crippen molar-refractivity contribution in [3.63, 3.8) is 0 Å². The largest absolute Gasteiger partial charge is 0.454 e. The molecule has 3 aromatic heterocycles. The zero-order valence-electron chi connectivity index (χ0n) is 21.0. The highest BCUT2D eigenvalue weighted by molar-refractivity contribution is 5.96. The van der Waals surface area contributed by atoms with Gasteiger partial charge in [0.1, 0.15) is 16.9 Å². The minimum Gasteiger partial charge on any atom is -0.454 e. The molecule has 0 unspecified atom stereocenters. The standard InChI is InChI=1S/C29H31N3O4/c1-28(2,34)24-16-20(11-13-31-24)21-12-14-30-22-17-23(36-26(21)22)18-7-9-19(10-8-18)27(33)32-15-5-6-25(32)29(3,4)35/h7-14,16-17,25,34-35H,5-6,15H2,1-4H3/t25-/m0/s1. The van der Waals surface area contributed by atoms with Gasteiger partial charge in [0, 0.05) is 41.7 Å². The van der Waals surface area contributed by atoms with Gasteiger partial charge in [0.15, 0.2) is 5.58 Å². The van der Waals surface area contributed by atoms with E-state index in [-0.39, 0.29) is 11.9 Å². The summed E-state index contributed by atoms with van der Waals surface area (Å²) in [5.74, 6) is 0.580. The molecular formula is C29H31N3O4. The van der Waals surface area contributed by atoms with Crippen LogP contribution in [0.1, 0.15) is 56.6 Å². The Kier molecular flexibility index (Phi) is 5.93. The number of pyridine rings is 2. The molecule has 7 nitrogen and oxygen atoms in total. The fourth-order valence-corrected chi connectivity index (χ4v) is 4.93. The third kappa shape index (κ3) is 4.52. The number of carbonyl (C=O) groups excluding carboxylic acids is 1. The van der Waals surface area contributed by atoms with Crippen LogP contribution in [0.15, 0.2) is 65.3 Å². The molecule has 0 spiro atoms. The first-order valence-electron chi connectivity index (χ1n) is 12.2. The van der Waals surface area contributed by atoms with Crippen LogP contribution in [0.3, 0.4) is 0 Å². The highest BCUT2D eigenvalue weighted by Gasteiger charge is 2.38. The molecule has 36 heavy (non-hydrogen) atoms. The van der Waals surface area contributed by atoms with E-state index in [0.717, 1.165) is 29.5 Å². The number of amides is 1. The summed E-state index contributed by atoms with van der Waals surface area (Å²) in [7, 11) is 0. The lowest BCUT2D eigenvalue weighted by Crippen LogP contribution is -2.48. The Labute approximate surface area is 210 Å². The van der Waals surface area contributed by atoms with Crippen molar-refractivity contribution in [3.05, 3.63) is 72.2 Å². The molecule has 4 aromatic rings. The molecule has 4 heterocycles. The van der Waals surface area contributed by atoms with Crippen molar-refractivity contribution < 1.29 is 19.4 Å². The molecule has 1 amide bonds. The minimum atomic E-state index is -1.06. The number of furan rings is 1. The molecule has 0 radical (unpaired) electrons. The first kappa shape index (κ1) is 24.2. The number of likely N-dealkylation sites (tertiary alicyclic amines) is 1. The van der Waals surface area contributed by atoms with Gasteiger partial charge < -0.3 is 19.5 Å². The summed E-state index contributed by atoms with van der Waals surface area (Å²) in [5, 5.41) is 20.9. The maximum atomic E-state index is 13.2. The molecule has 1 aliphatic rings. The quantitative estimate of drug-likeness (QED) is 0.405. The summed E-state index contributed by atoms with van der Waals surface area (Å²) in [4.78, 5) is 23.7. The second-order valence-electron chi connectivity index (χ2n) is 10.6. The van der Waals surface area contributed by atoms with Crippen LogP contribution in [0.25, 0.3) is 33.6 Å². The van der Waals surface area contributed by atoms with E-state index in [1.807, 2.05) is 36.4 Å². The number of nitrogens with zero attached hydrogens (tertiary/aromatic N) is 3. The van der Waals surface area contributed by atoms with Gasteiger partial charge in [-0.3, -0.25) is 14.8 Å². The van der Waals surface area contributed by atoms with E-state index in [0.29, 0.717) is 34.7 Å². The van der Waals surface area contributed by atoms with Gasteiger partial charge in [-0.1, -0.05) is 12.1 Å². The van der Waals surface area contributed by atoms with E-state index >= 15 is 0 Å². The van der Waals surface area contributed by atoms with Crippen LogP contribution in [-0.4, -0.2) is 49.2 Å². The van der Waals surface area contributed by atoms with Gasteiger partial charge in [0.2, 0.25) is 0 Å². The number of aromatic nitrogens is 2. The lowest BCUT2D eigenvalue weighted by atomic mass is 9.96. The molecule has 0 aliphatic carbocycles. The normalized spacial score (nSPS) is 16.6. The number of benzene rings is 1. The first-order chi connectivity index (χ1) is 17.0. The zero-order chi connectivity index (χ0) is 25.7. The second-order valence-corrected chi connectivity index (χ2v) is 10.6. The Balaban J connectivity index is 1.45. The Hall–Kier alpha value is -3.55. The molecule has 186 valence electrons. The average molecular weight is 486 g/mol. The van der Waals surface area contributed by atoms with Gasteiger partial charge in [-0.05, 0) is 76.4 Å². The third-order valence-corrected chi connectivity index (χ3v) is 6.86. The average Bonchev–Trinajstić information content (AvgIpc) is 3.51. The lowest BCUT2D eigenvalue weighted by Gasteiger charge is -2.33. The number of rotatable bonds is 5. The number of carbonyl (C=O) groups is 1. The molecule has 0 bridgehead atoms. The van der Waals surface area contributed by atoms with E-state index in [2.05, 4.69) is 9.97 Å². The van der Waals surface area contributed by atoms with Gasteiger partial charge >= 0.3 is 0 Å². The predicted molar refractivity (Wildman–Crippen MR) is 138 cm³/mol. The molecular weight excluding hydrogens is 454 g/mol. The van der Waals surface area contributed by atoms with E-state index in [1.165, 1.54) is 0 Å². The van der Waals surface area contributed by atoms with Crippen molar-refractivity contribution >= 4 is 17.0 Å². The lowest BCUT2D eigenvalue weighted by molar-refractivity contribution is 0.000336. The van der Waals surface area contributed by atoms with Gasteiger partial charge in [-0.25, -0.2) is 0 Å². The Bertz CT molecular complexity index is 1410. The summed E-state index contributed by atoms with van der Waals surface area (Å²) in [6.45, 7) is 7.57. The van der Waals surface area contributed by atoms with Gasteiger partial charge in [0.05, 0.1) is 17.3 Å². The fourth-order valence-electron chi connectivity index (χ4n) is 4.93. The van der Waals surface area contributed by atoms with Crippen LogP contribution < -0.4 is 0 Å². The van der Waals surface area contributed by atoms with E-state index in [1.54, 1.807) is 57.1 Å². The molecule has 1 aliphatic heterocycles. The van der Waals surface area contributed by atoms with Crippen LogP contribution in [0.2, 0.25) is 0 Å². The molecule has 1 atom stereocenters. The highest BCUT2D eigenvalue weighted by Crippen LogP contribution is 2.35. The third-order valence-electron chi connectivity index (χ3n) is 6.86. The maximum absolute atomic E-state index is 13.2. The summed E-state index contributed by atoms with van der Waals surface area (Å²) in [6, 6.07) is 14.7. The van der Waals surface area contributed by atoms with Crippen molar-refractivity contribution in [2.24, 2.45) is 0 Å². The number of aliphatic hydroxyl groups is 2. The molecule has 1 fully saturated rings. The topological polar surface area (TPSA) is 99.7 Å². The van der Waals surface area contributed by atoms with E-state index in [4.69, 9.17) is 4.42 Å². The van der Waals surface area contributed by atoms with E-state index < -0.39 is 11.2 Å². The summed E-state index contributed by atoms with van der Waals surface area (Å²) >= 11 is 0.